The van der Waals surface area contributed by atoms with Crippen LogP contribution >= 0.6 is 12.6 Å². The lowest BCUT2D eigenvalue weighted by Crippen LogP contribution is -2.50. The largest absolute Gasteiger partial charge is 0.485 e. The molecule has 0 fully saturated rings. The highest BCUT2D eigenvalue weighted by Gasteiger charge is 2.45. The maximum absolute atomic E-state index is 11.0. The minimum absolute atomic E-state index is 0.116. The van der Waals surface area contributed by atoms with Crippen LogP contribution in [0.2, 0.25) is 0 Å². The Morgan fingerprint density at radius 1 is 1.33 bits per heavy atom. The van der Waals surface area contributed by atoms with Crippen LogP contribution in [-0.2, 0) is 0 Å². The third kappa shape index (κ3) is 3.00. The summed E-state index contributed by atoms with van der Waals surface area (Å²) < 4.78 is 11.5. The molecule has 0 saturated carbocycles. The van der Waals surface area contributed by atoms with Crippen LogP contribution in [0.4, 0.5) is 5.69 Å². The molecule has 0 amide bonds. The Bertz CT molecular complexity index is 781. The maximum Gasteiger partial charge on any atom is 0.270 e. The maximum atomic E-state index is 11.0. The predicted molar refractivity (Wildman–Crippen MR) is 86.5 cm³/mol. The first-order valence-corrected chi connectivity index (χ1v) is 7.57. The lowest BCUT2D eigenvalue weighted by Gasteiger charge is -2.41. The predicted octanol–water partition coefficient (Wildman–Crippen LogP) is 2.33. The molecule has 2 heterocycles. The van der Waals surface area contributed by atoms with Crippen molar-refractivity contribution in [3.05, 3.63) is 46.0 Å². The molecule has 126 valence electrons. The van der Waals surface area contributed by atoms with E-state index in [0.717, 1.165) is 0 Å². The zero-order chi connectivity index (χ0) is 17.5. The van der Waals surface area contributed by atoms with Crippen molar-refractivity contribution in [2.75, 3.05) is 0 Å². The Balaban J connectivity index is 2.04. The number of non-ortho nitro benzene ring substituents is 1. The van der Waals surface area contributed by atoms with Crippen LogP contribution in [0.25, 0.3) is 0 Å². The van der Waals surface area contributed by atoms with Gasteiger partial charge in [-0.3, -0.25) is 10.1 Å². The Kier molecular flexibility index (Phi) is 4.06. The SMILES string of the molecule is CC1(C)Oc2ccc([N+](=O)[O-])cc2C(Oc2ccc(S)nn2)C1O. The highest BCUT2D eigenvalue weighted by molar-refractivity contribution is 7.80. The van der Waals surface area contributed by atoms with Crippen LogP contribution in [-0.4, -0.2) is 31.9 Å². The van der Waals surface area contributed by atoms with Gasteiger partial charge in [0, 0.05) is 23.8 Å². The summed E-state index contributed by atoms with van der Waals surface area (Å²) >= 11 is 4.05. The van der Waals surface area contributed by atoms with E-state index < -0.39 is 22.7 Å². The van der Waals surface area contributed by atoms with E-state index >= 15 is 0 Å². The number of thiol groups is 1. The first-order chi connectivity index (χ1) is 11.3. The zero-order valence-corrected chi connectivity index (χ0v) is 13.8. The van der Waals surface area contributed by atoms with Gasteiger partial charge in [-0.25, -0.2) is 0 Å². The highest BCUT2D eigenvalue weighted by Crippen LogP contribution is 2.43. The molecule has 1 aromatic heterocycles. The Labute approximate surface area is 143 Å². The molecule has 3 rings (SSSR count). The molecule has 2 unspecified atom stereocenters. The number of nitrogens with zero attached hydrogens (tertiary/aromatic N) is 3. The summed E-state index contributed by atoms with van der Waals surface area (Å²) in [5.41, 5.74) is -0.674. The number of benzene rings is 1. The van der Waals surface area contributed by atoms with E-state index in [0.29, 0.717) is 16.3 Å². The molecule has 2 aromatic rings. The number of ether oxygens (including phenoxy) is 2. The van der Waals surface area contributed by atoms with Crippen LogP contribution in [0.1, 0.15) is 25.5 Å². The van der Waals surface area contributed by atoms with Crippen molar-refractivity contribution < 1.29 is 19.5 Å². The Hall–Kier alpha value is -2.39. The number of hydrogen-bond donors (Lipinski definition) is 2. The number of fused-ring (bicyclic) bond motifs is 1. The molecular formula is C15H15N3O5S. The van der Waals surface area contributed by atoms with Gasteiger partial charge in [0.1, 0.15) is 22.5 Å². The van der Waals surface area contributed by atoms with E-state index in [9.17, 15) is 15.2 Å². The highest BCUT2D eigenvalue weighted by atomic mass is 32.1. The molecule has 24 heavy (non-hydrogen) atoms. The number of aromatic nitrogens is 2. The molecule has 0 aliphatic carbocycles. The Morgan fingerprint density at radius 3 is 2.71 bits per heavy atom. The second-order valence-electron chi connectivity index (χ2n) is 5.90. The minimum Gasteiger partial charge on any atom is -0.485 e. The molecule has 0 saturated heterocycles. The zero-order valence-electron chi connectivity index (χ0n) is 12.9. The van der Waals surface area contributed by atoms with E-state index in [4.69, 9.17) is 9.47 Å². The van der Waals surface area contributed by atoms with Gasteiger partial charge in [0.25, 0.3) is 5.69 Å². The summed E-state index contributed by atoms with van der Waals surface area (Å²) in [7, 11) is 0. The molecule has 1 aromatic carbocycles. The van der Waals surface area contributed by atoms with Gasteiger partial charge in [-0.1, -0.05) is 0 Å². The number of aliphatic hydroxyl groups is 1. The molecular weight excluding hydrogens is 334 g/mol. The van der Waals surface area contributed by atoms with Crippen LogP contribution in [0.5, 0.6) is 11.6 Å². The van der Waals surface area contributed by atoms with Gasteiger partial charge in [-0.15, -0.1) is 22.8 Å². The average Bonchev–Trinajstić information content (AvgIpc) is 2.53. The second kappa shape index (κ2) is 5.91. The third-order valence-corrected chi connectivity index (χ3v) is 3.99. The lowest BCUT2D eigenvalue weighted by molar-refractivity contribution is -0.385. The van der Waals surface area contributed by atoms with Gasteiger partial charge in [-0.05, 0) is 26.0 Å². The number of rotatable bonds is 3. The van der Waals surface area contributed by atoms with Crippen LogP contribution in [0.15, 0.2) is 35.4 Å². The summed E-state index contributed by atoms with van der Waals surface area (Å²) in [6.07, 6.45) is -1.95. The normalized spacial score (nSPS) is 21.5. The summed E-state index contributed by atoms with van der Waals surface area (Å²) in [6.45, 7) is 3.42. The number of aliphatic hydroxyl groups excluding tert-OH is 1. The van der Waals surface area contributed by atoms with Crippen molar-refractivity contribution in [3.8, 4) is 11.6 Å². The molecule has 9 heteroatoms. The fourth-order valence-corrected chi connectivity index (χ4v) is 2.60. The van der Waals surface area contributed by atoms with Gasteiger partial charge in [-0.2, -0.15) is 0 Å². The van der Waals surface area contributed by atoms with Crippen molar-refractivity contribution in [2.24, 2.45) is 0 Å². The van der Waals surface area contributed by atoms with Gasteiger partial charge >= 0.3 is 0 Å². The minimum atomic E-state index is -1.07. The molecule has 2 atom stereocenters. The summed E-state index contributed by atoms with van der Waals surface area (Å²) in [5.74, 6) is 0.590. The molecule has 8 nitrogen and oxygen atoms in total. The topological polar surface area (TPSA) is 108 Å². The molecule has 1 aliphatic heterocycles. The third-order valence-electron chi connectivity index (χ3n) is 3.76. The standard InChI is InChI=1S/C15H15N3O5S/c1-15(2)14(19)13(22-11-5-6-12(24)17-16-11)9-7-8(18(20)21)3-4-10(9)23-15/h3-7,13-14,19H,1-2H3,(H,17,24). The Morgan fingerprint density at radius 2 is 2.08 bits per heavy atom. The lowest BCUT2D eigenvalue weighted by atomic mass is 9.88. The van der Waals surface area contributed by atoms with E-state index in [2.05, 4.69) is 22.8 Å². The van der Waals surface area contributed by atoms with Gasteiger partial charge in [0.15, 0.2) is 6.10 Å². The summed E-state index contributed by atoms with van der Waals surface area (Å²) in [5, 5.41) is 29.7. The van der Waals surface area contributed by atoms with E-state index in [1.165, 1.54) is 18.2 Å². The van der Waals surface area contributed by atoms with E-state index in [1.54, 1.807) is 26.0 Å². The van der Waals surface area contributed by atoms with Gasteiger partial charge in [0.2, 0.25) is 5.88 Å². The number of nitro groups is 1. The fraction of sp³-hybridized carbons (Fsp3) is 0.333. The van der Waals surface area contributed by atoms with E-state index in [1.807, 2.05) is 0 Å². The van der Waals surface area contributed by atoms with Crippen molar-refractivity contribution in [1.82, 2.24) is 10.2 Å². The van der Waals surface area contributed by atoms with Gasteiger partial charge < -0.3 is 14.6 Å². The molecule has 0 spiro atoms. The van der Waals surface area contributed by atoms with Crippen molar-refractivity contribution in [2.45, 2.75) is 36.7 Å². The quantitative estimate of drug-likeness (QED) is 0.497. The summed E-state index contributed by atoms with van der Waals surface area (Å²) in [4.78, 5) is 10.5. The van der Waals surface area contributed by atoms with Crippen LogP contribution in [0, 0.1) is 10.1 Å². The first-order valence-electron chi connectivity index (χ1n) is 7.13. The molecule has 0 bridgehead atoms. The van der Waals surface area contributed by atoms with Crippen molar-refractivity contribution >= 4 is 18.3 Å². The monoisotopic (exact) mass is 349 g/mol. The van der Waals surface area contributed by atoms with Crippen LogP contribution in [0.3, 0.4) is 0 Å². The summed E-state index contributed by atoms with van der Waals surface area (Å²) in [6, 6.07) is 7.33. The smallest absolute Gasteiger partial charge is 0.270 e. The van der Waals surface area contributed by atoms with E-state index in [-0.39, 0.29) is 11.6 Å². The van der Waals surface area contributed by atoms with Gasteiger partial charge in [0.05, 0.1) is 4.92 Å². The fourth-order valence-electron chi connectivity index (χ4n) is 2.48. The number of nitro benzene ring substituents is 1. The average molecular weight is 349 g/mol. The van der Waals surface area contributed by atoms with Crippen LogP contribution < -0.4 is 9.47 Å². The second-order valence-corrected chi connectivity index (χ2v) is 6.36. The molecule has 0 radical (unpaired) electrons. The van der Waals surface area contributed by atoms with Crippen molar-refractivity contribution in [1.29, 1.82) is 0 Å². The van der Waals surface area contributed by atoms with Crippen molar-refractivity contribution in [3.63, 3.8) is 0 Å². The number of hydrogen-bond acceptors (Lipinski definition) is 8. The molecule has 1 aliphatic rings. The molecule has 1 N–H and O–H groups in total. The first kappa shape index (κ1) is 16.5.